The van der Waals surface area contributed by atoms with Gasteiger partial charge in [0.25, 0.3) is 0 Å². The van der Waals surface area contributed by atoms with Crippen molar-refractivity contribution in [1.29, 1.82) is 0 Å². The summed E-state index contributed by atoms with van der Waals surface area (Å²) >= 11 is 0. The molecule has 0 unspecified atom stereocenters. The lowest BCUT2D eigenvalue weighted by atomic mass is 10.1. The second-order valence-corrected chi connectivity index (χ2v) is 6.05. The lowest BCUT2D eigenvalue weighted by Crippen LogP contribution is -2.38. The minimum absolute atomic E-state index is 0.638. The van der Waals surface area contributed by atoms with Gasteiger partial charge in [0.1, 0.15) is 0 Å². The van der Waals surface area contributed by atoms with Crippen LogP contribution in [-0.2, 0) is 6.42 Å². The third-order valence-electron chi connectivity index (χ3n) is 4.08. The number of rotatable bonds is 10. The molecule has 1 aromatic carbocycles. The average Bonchev–Trinajstić information content (AvgIpc) is 3.40. The number of ether oxygens (including phenoxy) is 2. The molecule has 0 atom stereocenters. The number of hydrogen-bond donors (Lipinski definition) is 2. The number of aliphatic imine (C=N–C) groups is 1. The van der Waals surface area contributed by atoms with Gasteiger partial charge in [-0.05, 0) is 50.3 Å². The summed E-state index contributed by atoms with van der Waals surface area (Å²) in [5.74, 6) is 3.46. The highest BCUT2D eigenvalue weighted by molar-refractivity contribution is 5.79. The summed E-state index contributed by atoms with van der Waals surface area (Å²) in [5, 5.41) is 6.75. The monoisotopic (exact) mass is 333 g/mol. The largest absolute Gasteiger partial charge is 0.490 e. The molecule has 2 rings (SSSR count). The Kier molecular flexibility index (Phi) is 7.72. The standard InChI is InChI=1S/C19H31N3O2/c1-4-23-17-9-8-16(14-18(17)24-5-2)11-13-22-19(20-3)21-12-10-15-6-7-15/h8-9,14-15H,4-7,10-13H2,1-3H3,(H2,20,21,22). The van der Waals surface area contributed by atoms with Gasteiger partial charge in [-0.1, -0.05) is 18.9 Å². The van der Waals surface area contributed by atoms with Crippen molar-refractivity contribution in [2.75, 3.05) is 33.4 Å². The van der Waals surface area contributed by atoms with Crippen molar-refractivity contribution < 1.29 is 9.47 Å². The van der Waals surface area contributed by atoms with Crippen LogP contribution in [0, 0.1) is 5.92 Å². The van der Waals surface area contributed by atoms with Crippen LogP contribution in [0.2, 0.25) is 0 Å². The van der Waals surface area contributed by atoms with Crippen molar-refractivity contribution in [3.63, 3.8) is 0 Å². The Balaban J connectivity index is 1.78. The van der Waals surface area contributed by atoms with Crippen LogP contribution >= 0.6 is 0 Å². The molecule has 1 aromatic rings. The Morgan fingerprint density at radius 2 is 1.79 bits per heavy atom. The highest BCUT2D eigenvalue weighted by Gasteiger charge is 2.20. The second-order valence-electron chi connectivity index (χ2n) is 6.05. The molecule has 5 nitrogen and oxygen atoms in total. The van der Waals surface area contributed by atoms with Crippen molar-refractivity contribution in [3.8, 4) is 11.5 Å². The van der Waals surface area contributed by atoms with E-state index < -0.39 is 0 Å². The van der Waals surface area contributed by atoms with E-state index in [1.807, 2.05) is 27.0 Å². The van der Waals surface area contributed by atoms with E-state index in [4.69, 9.17) is 9.47 Å². The Hall–Kier alpha value is -1.91. The number of guanidine groups is 1. The maximum atomic E-state index is 5.68. The first-order valence-electron chi connectivity index (χ1n) is 9.09. The molecular formula is C19H31N3O2. The summed E-state index contributed by atoms with van der Waals surface area (Å²) in [6.45, 7) is 7.09. The van der Waals surface area contributed by atoms with Gasteiger partial charge in [-0.3, -0.25) is 4.99 Å². The summed E-state index contributed by atoms with van der Waals surface area (Å²) in [6, 6.07) is 6.16. The summed E-state index contributed by atoms with van der Waals surface area (Å²) in [6.07, 6.45) is 4.95. The smallest absolute Gasteiger partial charge is 0.190 e. The molecule has 134 valence electrons. The minimum atomic E-state index is 0.638. The van der Waals surface area contributed by atoms with Gasteiger partial charge in [-0.15, -0.1) is 0 Å². The van der Waals surface area contributed by atoms with E-state index in [2.05, 4.69) is 27.8 Å². The van der Waals surface area contributed by atoms with Crippen molar-refractivity contribution in [3.05, 3.63) is 23.8 Å². The fourth-order valence-corrected chi connectivity index (χ4v) is 2.60. The van der Waals surface area contributed by atoms with Gasteiger partial charge < -0.3 is 20.1 Å². The fraction of sp³-hybridized carbons (Fsp3) is 0.632. The van der Waals surface area contributed by atoms with Crippen molar-refractivity contribution in [2.24, 2.45) is 10.9 Å². The summed E-state index contributed by atoms with van der Waals surface area (Å²) < 4.78 is 11.3. The van der Waals surface area contributed by atoms with E-state index in [0.29, 0.717) is 13.2 Å². The molecule has 0 bridgehead atoms. The van der Waals surface area contributed by atoms with Gasteiger partial charge >= 0.3 is 0 Å². The van der Waals surface area contributed by atoms with E-state index >= 15 is 0 Å². The van der Waals surface area contributed by atoms with Crippen molar-refractivity contribution >= 4 is 5.96 Å². The average molecular weight is 333 g/mol. The highest BCUT2D eigenvalue weighted by Crippen LogP contribution is 2.31. The predicted molar refractivity (Wildman–Crippen MR) is 99.2 cm³/mol. The number of nitrogens with zero attached hydrogens (tertiary/aromatic N) is 1. The summed E-state index contributed by atoms with van der Waals surface area (Å²) in [5.41, 5.74) is 1.22. The SMILES string of the molecule is CCOc1ccc(CCNC(=NC)NCCC2CC2)cc1OCC. The molecule has 0 aliphatic heterocycles. The zero-order valence-corrected chi connectivity index (χ0v) is 15.2. The van der Waals surface area contributed by atoms with Crippen LogP contribution in [0.15, 0.2) is 23.2 Å². The van der Waals surface area contributed by atoms with Crippen LogP contribution < -0.4 is 20.1 Å². The van der Waals surface area contributed by atoms with E-state index in [9.17, 15) is 0 Å². The lowest BCUT2D eigenvalue weighted by molar-refractivity contribution is 0.287. The molecule has 1 saturated carbocycles. The summed E-state index contributed by atoms with van der Waals surface area (Å²) in [4.78, 5) is 4.27. The van der Waals surface area contributed by atoms with E-state index in [0.717, 1.165) is 42.9 Å². The van der Waals surface area contributed by atoms with Crippen molar-refractivity contribution in [2.45, 2.75) is 39.5 Å². The zero-order chi connectivity index (χ0) is 17.2. The van der Waals surface area contributed by atoms with E-state index in [-0.39, 0.29) is 0 Å². The quantitative estimate of drug-likeness (QED) is 0.510. The Labute approximate surface area is 145 Å². The molecule has 0 aromatic heterocycles. The predicted octanol–water partition coefficient (Wildman–Crippen LogP) is 2.99. The van der Waals surface area contributed by atoms with E-state index in [1.54, 1.807) is 0 Å². The van der Waals surface area contributed by atoms with Gasteiger partial charge in [0.2, 0.25) is 0 Å². The molecule has 2 N–H and O–H groups in total. The Morgan fingerprint density at radius 1 is 1.08 bits per heavy atom. The summed E-state index contributed by atoms with van der Waals surface area (Å²) in [7, 11) is 1.82. The normalized spacial score (nSPS) is 14.4. The van der Waals surface area contributed by atoms with Crippen LogP contribution in [0.25, 0.3) is 0 Å². The van der Waals surface area contributed by atoms with Crippen LogP contribution in [0.5, 0.6) is 11.5 Å². The van der Waals surface area contributed by atoms with Gasteiger partial charge in [-0.2, -0.15) is 0 Å². The highest BCUT2D eigenvalue weighted by atomic mass is 16.5. The van der Waals surface area contributed by atoms with Crippen molar-refractivity contribution in [1.82, 2.24) is 10.6 Å². The Morgan fingerprint density at radius 3 is 2.46 bits per heavy atom. The topological polar surface area (TPSA) is 54.9 Å². The molecule has 0 heterocycles. The molecule has 1 aliphatic rings. The molecule has 24 heavy (non-hydrogen) atoms. The maximum Gasteiger partial charge on any atom is 0.190 e. The first kappa shape index (κ1) is 18.4. The minimum Gasteiger partial charge on any atom is -0.490 e. The van der Waals surface area contributed by atoms with Gasteiger partial charge in [-0.25, -0.2) is 0 Å². The van der Waals surface area contributed by atoms with Crippen LogP contribution in [-0.4, -0.2) is 39.3 Å². The van der Waals surface area contributed by atoms with Crippen LogP contribution in [0.4, 0.5) is 0 Å². The van der Waals surface area contributed by atoms with Crippen LogP contribution in [0.1, 0.15) is 38.7 Å². The van der Waals surface area contributed by atoms with Crippen LogP contribution in [0.3, 0.4) is 0 Å². The molecule has 0 spiro atoms. The third kappa shape index (κ3) is 6.30. The number of benzene rings is 1. The lowest BCUT2D eigenvalue weighted by Gasteiger charge is -2.14. The maximum absolute atomic E-state index is 5.68. The molecular weight excluding hydrogens is 302 g/mol. The molecule has 0 radical (unpaired) electrons. The second kappa shape index (κ2) is 10.1. The van der Waals surface area contributed by atoms with Gasteiger partial charge in [0.05, 0.1) is 13.2 Å². The zero-order valence-electron chi connectivity index (χ0n) is 15.2. The molecule has 1 fully saturated rings. The van der Waals surface area contributed by atoms with E-state index in [1.165, 1.54) is 24.8 Å². The van der Waals surface area contributed by atoms with Gasteiger partial charge in [0.15, 0.2) is 17.5 Å². The molecule has 1 aliphatic carbocycles. The first-order valence-corrected chi connectivity index (χ1v) is 9.09. The van der Waals surface area contributed by atoms with Gasteiger partial charge in [0, 0.05) is 20.1 Å². The fourth-order valence-electron chi connectivity index (χ4n) is 2.60. The molecule has 0 amide bonds. The number of hydrogen-bond acceptors (Lipinski definition) is 3. The Bertz CT molecular complexity index is 527. The number of nitrogens with one attached hydrogen (secondary N) is 2. The molecule has 0 saturated heterocycles. The third-order valence-corrected chi connectivity index (χ3v) is 4.08. The molecule has 5 heteroatoms. The first-order chi connectivity index (χ1) is 11.8.